The summed E-state index contributed by atoms with van der Waals surface area (Å²) in [5.41, 5.74) is 5.92. The van der Waals surface area contributed by atoms with E-state index >= 15 is 0 Å². The Bertz CT molecular complexity index is 378. The molecule has 1 rings (SSSR count). The standard InChI is InChI=1S/C6H12N4OS/c1-10-4-6(12(2,8)11)5(3-7)9-10/h4,8H,3,7H2,1-2H3. The van der Waals surface area contributed by atoms with E-state index in [2.05, 4.69) is 5.10 Å². The second kappa shape index (κ2) is 2.87. The SMILES string of the molecule is Cn1cc(S(C)(=N)=O)c(CN)n1. The van der Waals surface area contributed by atoms with Gasteiger partial charge in [-0.3, -0.25) is 4.68 Å². The Kier molecular flexibility index (Phi) is 2.20. The molecule has 3 N–H and O–H groups in total. The topological polar surface area (TPSA) is 84.8 Å². The Balaban J connectivity index is 3.33. The third-order valence-electron chi connectivity index (χ3n) is 1.48. The molecule has 1 aromatic heterocycles. The molecular weight excluding hydrogens is 176 g/mol. The van der Waals surface area contributed by atoms with Gasteiger partial charge in [0.05, 0.1) is 20.3 Å². The van der Waals surface area contributed by atoms with Crippen molar-refractivity contribution in [2.45, 2.75) is 11.4 Å². The van der Waals surface area contributed by atoms with Crippen molar-refractivity contribution >= 4 is 9.73 Å². The monoisotopic (exact) mass is 188 g/mol. The van der Waals surface area contributed by atoms with Crippen LogP contribution in [0.2, 0.25) is 0 Å². The highest BCUT2D eigenvalue weighted by Crippen LogP contribution is 2.12. The number of aryl methyl sites for hydroxylation is 1. The minimum atomic E-state index is -2.69. The van der Waals surface area contributed by atoms with E-state index in [1.165, 1.54) is 10.9 Å². The first-order chi connectivity index (χ1) is 5.45. The van der Waals surface area contributed by atoms with Crippen molar-refractivity contribution in [1.29, 1.82) is 4.78 Å². The second-order valence-corrected chi connectivity index (χ2v) is 4.79. The van der Waals surface area contributed by atoms with E-state index in [1.807, 2.05) is 0 Å². The normalized spacial score (nSPS) is 15.9. The number of nitrogens with one attached hydrogen (secondary N) is 1. The molecule has 0 fully saturated rings. The molecule has 0 saturated carbocycles. The van der Waals surface area contributed by atoms with Gasteiger partial charge in [0, 0.05) is 26.0 Å². The Hall–Kier alpha value is -0.880. The maximum atomic E-state index is 11.3. The van der Waals surface area contributed by atoms with Gasteiger partial charge in [0.2, 0.25) is 0 Å². The van der Waals surface area contributed by atoms with Gasteiger partial charge in [-0.05, 0) is 0 Å². The van der Waals surface area contributed by atoms with Gasteiger partial charge in [-0.25, -0.2) is 8.99 Å². The van der Waals surface area contributed by atoms with E-state index in [4.69, 9.17) is 10.5 Å². The maximum absolute atomic E-state index is 11.3. The van der Waals surface area contributed by atoms with Gasteiger partial charge in [-0.1, -0.05) is 0 Å². The summed E-state index contributed by atoms with van der Waals surface area (Å²) in [6.45, 7) is 0.222. The summed E-state index contributed by atoms with van der Waals surface area (Å²) in [6.07, 6.45) is 2.95. The lowest BCUT2D eigenvalue weighted by Crippen LogP contribution is -2.04. The molecule has 12 heavy (non-hydrogen) atoms. The zero-order chi connectivity index (χ0) is 9.35. The molecule has 0 aromatic carbocycles. The Morgan fingerprint density at radius 3 is 2.75 bits per heavy atom. The van der Waals surface area contributed by atoms with Crippen LogP contribution in [-0.2, 0) is 23.3 Å². The molecule has 68 valence electrons. The van der Waals surface area contributed by atoms with Crippen LogP contribution in [-0.4, -0.2) is 20.2 Å². The third kappa shape index (κ3) is 1.64. The summed E-state index contributed by atoms with van der Waals surface area (Å²) in [5.74, 6) is 0. The fraction of sp³-hybridized carbons (Fsp3) is 0.500. The van der Waals surface area contributed by atoms with Gasteiger partial charge >= 0.3 is 0 Å². The largest absolute Gasteiger partial charge is 0.325 e. The van der Waals surface area contributed by atoms with E-state index in [-0.39, 0.29) is 6.54 Å². The second-order valence-electron chi connectivity index (χ2n) is 2.66. The molecule has 6 heteroatoms. The molecule has 1 heterocycles. The zero-order valence-corrected chi connectivity index (χ0v) is 7.89. The molecule has 1 unspecified atom stereocenters. The lowest BCUT2D eigenvalue weighted by Gasteiger charge is -1.97. The van der Waals surface area contributed by atoms with Crippen molar-refractivity contribution in [3.63, 3.8) is 0 Å². The van der Waals surface area contributed by atoms with Gasteiger partial charge in [0.25, 0.3) is 0 Å². The van der Waals surface area contributed by atoms with Crippen molar-refractivity contribution in [2.75, 3.05) is 6.26 Å². The van der Waals surface area contributed by atoms with E-state index in [9.17, 15) is 4.21 Å². The van der Waals surface area contributed by atoms with Crippen molar-refractivity contribution < 1.29 is 4.21 Å². The number of nitrogens with two attached hydrogens (primary N) is 1. The molecule has 1 aromatic rings. The van der Waals surface area contributed by atoms with Crippen LogP contribution in [0.5, 0.6) is 0 Å². The van der Waals surface area contributed by atoms with Crippen LogP contribution in [0.15, 0.2) is 11.1 Å². The zero-order valence-electron chi connectivity index (χ0n) is 7.07. The summed E-state index contributed by atoms with van der Waals surface area (Å²) < 4.78 is 20.2. The minimum Gasteiger partial charge on any atom is -0.325 e. The van der Waals surface area contributed by atoms with Crippen LogP contribution in [0, 0.1) is 4.78 Å². The van der Waals surface area contributed by atoms with Gasteiger partial charge in [-0.2, -0.15) is 5.10 Å². The number of rotatable bonds is 2. The van der Waals surface area contributed by atoms with E-state index in [0.717, 1.165) is 0 Å². The quantitative estimate of drug-likeness (QED) is 0.680. The van der Waals surface area contributed by atoms with Gasteiger partial charge in [0.1, 0.15) is 0 Å². The Morgan fingerprint density at radius 1 is 1.83 bits per heavy atom. The molecule has 5 nitrogen and oxygen atoms in total. The summed E-state index contributed by atoms with van der Waals surface area (Å²) in [6, 6.07) is 0. The molecule has 0 bridgehead atoms. The maximum Gasteiger partial charge on any atom is 0.0930 e. The van der Waals surface area contributed by atoms with Crippen molar-refractivity contribution in [2.24, 2.45) is 12.8 Å². The molecule has 0 amide bonds. The lowest BCUT2D eigenvalue weighted by atomic mass is 10.4. The van der Waals surface area contributed by atoms with Crippen molar-refractivity contribution in [1.82, 2.24) is 9.78 Å². The molecule has 0 aliphatic rings. The molecule has 0 aliphatic carbocycles. The predicted octanol–water partition coefficient (Wildman–Crippen LogP) is -0.0857. The first-order valence-electron chi connectivity index (χ1n) is 3.41. The average molecular weight is 188 g/mol. The summed E-state index contributed by atoms with van der Waals surface area (Å²) in [5, 5.41) is 3.99. The highest BCUT2D eigenvalue weighted by atomic mass is 32.2. The predicted molar refractivity (Wildman–Crippen MR) is 46.2 cm³/mol. The number of hydrogen-bond acceptors (Lipinski definition) is 4. The highest BCUT2D eigenvalue weighted by molar-refractivity contribution is 7.91. The first-order valence-corrected chi connectivity index (χ1v) is 5.38. The fourth-order valence-corrected chi connectivity index (χ4v) is 1.91. The fourth-order valence-electron chi connectivity index (χ4n) is 0.980. The Labute approximate surface area is 71.5 Å². The van der Waals surface area contributed by atoms with Crippen LogP contribution in [0.1, 0.15) is 5.69 Å². The number of hydrogen-bond donors (Lipinski definition) is 2. The smallest absolute Gasteiger partial charge is 0.0930 e. The van der Waals surface area contributed by atoms with Crippen LogP contribution in [0.3, 0.4) is 0 Å². The molecule has 0 radical (unpaired) electrons. The number of aromatic nitrogens is 2. The van der Waals surface area contributed by atoms with E-state index in [1.54, 1.807) is 13.2 Å². The summed E-state index contributed by atoms with van der Waals surface area (Å²) in [4.78, 5) is 0.438. The van der Waals surface area contributed by atoms with Crippen LogP contribution >= 0.6 is 0 Å². The van der Waals surface area contributed by atoms with E-state index in [0.29, 0.717) is 10.6 Å². The summed E-state index contributed by atoms with van der Waals surface area (Å²) in [7, 11) is -0.972. The lowest BCUT2D eigenvalue weighted by molar-refractivity contribution is 0.678. The van der Waals surface area contributed by atoms with Gasteiger partial charge in [-0.15, -0.1) is 0 Å². The molecule has 1 atom stereocenters. The van der Waals surface area contributed by atoms with Crippen LogP contribution in [0.25, 0.3) is 0 Å². The molecule has 0 saturated heterocycles. The van der Waals surface area contributed by atoms with Gasteiger partial charge in [0.15, 0.2) is 0 Å². The average Bonchev–Trinajstić information content (AvgIpc) is 2.29. The summed E-state index contributed by atoms with van der Waals surface area (Å²) >= 11 is 0. The molecule has 0 spiro atoms. The minimum absolute atomic E-state index is 0.222. The first kappa shape index (κ1) is 9.21. The highest BCUT2D eigenvalue weighted by Gasteiger charge is 2.12. The van der Waals surface area contributed by atoms with Crippen molar-refractivity contribution in [3.05, 3.63) is 11.9 Å². The van der Waals surface area contributed by atoms with Crippen LogP contribution in [0.4, 0.5) is 0 Å². The number of nitrogens with zero attached hydrogens (tertiary/aromatic N) is 2. The van der Waals surface area contributed by atoms with Gasteiger partial charge < -0.3 is 5.73 Å². The van der Waals surface area contributed by atoms with Crippen LogP contribution < -0.4 is 5.73 Å². The molecular formula is C6H12N4OS. The van der Waals surface area contributed by atoms with E-state index < -0.39 is 9.73 Å². The third-order valence-corrected chi connectivity index (χ3v) is 2.66. The molecule has 0 aliphatic heterocycles. The van der Waals surface area contributed by atoms with Crippen molar-refractivity contribution in [3.8, 4) is 0 Å². The Morgan fingerprint density at radius 2 is 2.42 bits per heavy atom.